The maximum Gasteiger partial charge on any atom is 0.255 e. The Hall–Kier alpha value is -1.62. The molecule has 0 atom stereocenters. The molecule has 1 heterocycles. The number of nitrogens with one attached hydrogen (secondary N) is 1. The number of pyridine rings is 1. The Morgan fingerprint density at radius 2 is 2.16 bits per heavy atom. The second-order valence-corrected chi connectivity index (χ2v) is 5.19. The van der Waals surface area contributed by atoms with Crippen LogP contribution in [-0.2, 0) is 0 Å². The lowest BCUT2D eigenvalue weighted by Crippen LogP contribution is -2.47. The number of carbonyl (C=O) groups is 1. The Balaban J connectivity index is 2.78. The van der Waals surface area contributed by atoms with E-state index in [2.05, 4.69) is 17.2 Å². The minimum Gasteiger partial charge on any atom is -0.394 e. The van der Waals surface area contributed by atoms with Gasteiger partial charge in [0, 0.05) is 19.8 Å². The Kier molecular flexibility index (Phi) is 5.30. The van der Waals surface area contributed by atoms with Crippen molar-refractivity contribution in [3.05, 3.63) is 23.9 Å². The van der Waals surface area contributed by atoms with Crippen LogP contribution in [0.4, 0.5) is 5.82 Å². The van der Waals surface area contributed by atoms with Crippen molar-refractivity contribution in [2.24, 2.45) is 0 Å². The fraction of sp³-hybridized carbons (Fsp3) is 0.571. The second-order valence-electron chi connectivity index (χ2n) is 5.19. The van der Waals surface area contributed by atoms with Gasteiger partial charge in [-0.3, -0.25) is 4.79 Å². The van der Waals surface area contributed by atoms with Crippen molar-refractivity contribution in [1.29, 1.82) is 0 Å². The Morgan fingerprint density at radius 1 is 1.47 bits per heavy atom. The normalized spacial score (nSPS) is 11.2. The van der Waals surface area contributed by atoms with Crippen LogP contribution in [0.5, 0.6) is 0 Å². The lowest BCUT2D eigenvalue weighted by atomic mass is 10.0. The van der Waals surface area contributed by atoms with Gasteiger partial charge in [-0.15, -0.1) is 0 Å². The van der Waals surface area contributed by atoms with Gasteiger partial charge in [-0.05, 0) is 32.4 Å². The van der Waals surface area contributed by atoms with E-state index < -0.39 is 5.54 Å². The van der Waals surface area contributed by atoms with Crippen molar-refractivity contribution in [1.82, 2.24) is 9.88 Å². The third-order valence-electron chi connectivity index (χ3n) is 3.17. The maximum atomic E-state index is 12.2. The lowest BCUT2D eigenvalue weighted by Gasteiger charge is -2.33. The predicted molar refractivity (Wildman–Crippen MR) is 76.3 cm³/mol. The number of aromatic nitrogens is 1. The molecule has 0 saturated heterocycles. The van der Waals surface area contributed by atoms with Crippen LogP contribution in [0.3, 0.4) is 0 Å². The number of nitrogens with zero attached hydrogens (tertiary/aromatic N) is 2. The van der Waals surface area contributed by atoms with Gasteiger partial charge >= 0.3 is 0 Å². The zero-order valence-electron chi connectivity index (χ0n) is 12.1. The molecule has 19 heavy (non-hydrogen) atoms. The molecule has 1 amide bonds. The fourth-order valence-corrected chi connectivity index (χ4v) is 1.45. The van der Waals surface area contributed by atoms with E-state index in [-0.39, 0.29) is 12.5 Å². The first-order chi connectivity index (χ1) is 8.92. The highest BCUT2D eigenvalue weighted by Gasteiger charge is 2.27. The third kappa shape index (κ3) is 3.92. The molecule has 0 radical (unpaired) electrons. The van der Waals surface area contributed by atoms with Gasteiger partial charge in [0.05, 0.1) is 17.7 Å². The van der Waals surface area contributed by atoms with Crippen LogP contribution in [-0.4, -0.2) is 46.6 Å². The number of amides is 1. The topological polar surface area (TPSA) is 65.5 Å². The molecule has 0 fully saturated rings. The lowest BCUT2D eigenvalue weighted by molar-refractivity contribution is 0.0473. The van der Waals surface area contributed by atoms with E-state index in [1.165, 1.54) is 4.90 Å². The summed E-state index contributed by atoms with van der Waals surface area (Å²) >= 11 is 0. The zero-order chi connectivity index (χ0) is 14.5. The molecule has 0 aromatic carbocycles. The number of aliphatic hydroxyl groups is 1. The summed E-state index contributed by atoms with van der Waals surface area (Å²) in [7, 11) is 1.68. The second kappa shape index (κ2) is 6.52. The molecular formula is C14H23N3O2. The Morgan fingerprint density at radius 3 is 2.63 bits per heavy atom. The first kappa shape index (κ1) is 15.4. The van der Waals surface area contributed by atoms with Crippen molar-refractivity contribution < 1.29 is 9.90 Å². The number of likely N-dealkylation sites (N-methyl/N-ethyl adjacent to an activating group) is 1. The first-order valence-electron chi connectivity index (χ1n) is 6.51. The summed E-state index contributed by atoms with van der Waals surface area (Å²) in [5.41, 5.74) is -0.0676. The summed E-state index contributed by atoms with van der Waals surface area (Å²) in [5, 5.41) is 12.4. The van der Waals surface area contributed by atoms with Gasteiger partial charge in [-0.1, -0.05) is 6.92 Å². The van der Waals surface area contributed by atoms with Crippen molar-refractivity contribution in [2.75, 3.05) is 25.5 Å². The molecule has 0 spiro atoms. The molecule has 0 unspecified atom stereocenters. The number of rotatable bonds is 6. The zero-order valence-corrected chi connectivity index (χ0v) is 12.1. The minimum atomic E-state index is -0.587. The quantitative estimate of drug-likeness (QED) is 0.822. The predicted octanol–water partition coefficient (Wildman–Crippen LogP) is 1.75. The van der Waals surface area contributed by atoms with E-state index in [1.54, 1.807) is 25.4 Å². The highest BCUT2D eigenvalue weighted by molar-refractivity contribution is 5.94. The Labute approximate surface area is 114 Å². The number of anilines is 1. The van der Waals surface area contributed by atoms with E-state index in [1.807, 2.05) is 13.8 Å². The van der Waals surface area contributed by atoms with Gasteiger partial charge in [-0.2, -0.15) is 0 Å². The summed E-state index contributed by atoms with van der Waals surface area (Å²) in [6.07, 6.45) is 2.58. The van der Waals surface area contributed by atoms with Gasteiger partial charge in [0.25, 0.3) is 5.91 Å². The molecule has 0 aliphatic rings. The minimum absolute atomic E-state index is 0.0845. The van der Waals surface area contributed by atoms with Crippen LogP contribution >= 0.6 is 0 Å². The van der Waals surface area contributed by atoms with Crippen molar-refractivity contribution >= 4 is 11.7 Å². The molecule has 5 heteroatoms. The van der Waals surface area contributed by atoms with Crippen LogP contribution in [0, 0.1) is 0 Å². The van der Waals surface area contributed by atoms with E-state index in [0.717, 1.165) is 18.8 Å². The van der Waals surface area contributed by atoms with E-state index >= 15 is 0 Å². The summed E-state index contributed by atoms with van der Waals surface area (Å²) in [5.74, 6) is 0.621. The van der Waals surface area contributed by atoms with E-state index in [4.69, 9.17) is 0 Å². The van der Waals surface area contributed by atoms with Crippen molar-refractivity contribution in [3.8, 4) is 0 Å². The third-order valence-corrected chi connectivity index (χ3v) is 3.17. The molecule has 1 aromatic rings. The average Bonchev–Trinajstić information content (AvgIpc) is 2.44. The maximum absolute atomic E-state index is 12.2. The summed E-state index contributed by atoms with van der Waals surface area (Å²) in [6.45, 7) is 6.48. The van der Waals surface area contributed by atoms with E-state index in [0.29, 0.717) is 5.56 Å². The van der Waals surface area contributed by atoms with Crippen LogP contribution in [0.15, 0.2) is 18.3 Å². The van der Waals surface area contributed by atoms with Crippen LogP contribution in [0.2, 0.25) is 0 Å². The summed E-state index contributed by atoms with van der Waals surface area (Å²) in [6, 6.07) is 3.54. The standard InChI is InChI=1S/C14H23N3O2/c1-5-8-15-12-7-6-11(9-16-12)13(19)17(4)14(2,3)10-18/h6-7,9,18H,5,8,10H2,1-4H3,(H,15,16). The molecule has 2 N–H and O–H groups in total. The van der Waals surface area contributed by atoms with Gasteiger partial charge in [0.15, 0.2) is 0 Å². The van der Waals surface area contributed by atoms with Gasteiger partial charge in [-0.25, -0.2) is 4.98 Å². The largest absolute Gasteiger partial charge is 0.394 e. The molecule has 1 aromatic heterocycles. The van der Waals surface area contributed by atoms with E-state index in [9.17, 15) is 9.90 Å². The van der Waals surface area contributed by atoms with Crippen molar-refractivity contribution in [3.63, 3.8) is 0 Å². The molecule has 5 nitrogen and oxygen atoms in total. The van der Waals surface area contributed by atoms with Crippen LogP contribution < -0.4 is 5.32 Å². The number of hydrogen-bond donors (Lipinski definition) is 2. The van der Waals surface area contributed by atoms with Gasteiger partial charge < -0.3 is 15.3 Å². The molecule has 0 aliphatic heterocycles. The van der Waals surface area contributed by atoms with Crippen LogP contribution in [0.1, 0.15) is 37.6 Å². The smallest absolute Gasteiger partial charge is 0.255 e. The number of hydrogen-bond acceptors (Lipinski definition) is 4. The highest BCUT2D eigenvalue weighted by atomic mass is 16.3. The highest BCUT2D eigenvalue weighted by Crippen LogP contribution is 2.15. The van der Waals surface area contributed by atoms with Gasteiger partial charge in [0.2, 0.25) is 0 Å². The SMILES string of the molecule is CCCNc1ccc(C(=O)N(C)C(C)(C)CO)cn1. The summed E-state index contributed by atoms with van der Waals surface area (Å²) < 4.78 is 0. The molecule has 0 bridgehead atoms. The first-order valence-corrected chi connectivity index (χ1v) is 6.51. The number of aliphatic hydroxyl groups excluding tert-OH is 1. The molecular weight excluding hydrogens is 242 g/mol. The average molecular weight is 265 g/mol. The molecule has 1 rings (SSSR count). The number of carbonyl (C=O) groups excluding carboxylic acids is 1. The van der Waals surface area contributed by atoms with Crippen LogP contribution in [0.25, 0.3) is 0 Å². The summed E-state index contributed by atoms with van der Waals surface area (Å²) in [4.78, 5) is 18.0. The Bertz CT molecular complexity index is 415. The monoisotopic (exact) mass is 265 g/mol. The molecule has 106 valence electrons. The fourth-order valence-electron chi connectivity index (χ4n) is 1.45. The molecule has 0 aliphatic carbocycles. The van der Waals surface area contributed by atoms with Crippen molar-refractivity contribution in [2.45, 2.75) is 32.7 Å². The molecule has 0 saturated carbocycles. The van der Waals surface area contributed by atoms with Gasteiger partial charge in [0.1, 0.15) is 5.82 Å².